The van der Waals surface area contributed by atoms with Crippen molar-refractivity contribution in [2.75, 3.05) is 11.8 Å². The molecule has 58 valence electrons. The zero-order chi connectivity index (χ0) is 7.98. The van der Waals surface area contributed by atoms with E-state index in [2.05, 4.69) is 0 Å². The monoisotopic (exact) mass is 218 g/mol. The van der Waals surface area contributed by atoms with Crippen LogP contribution in [0.2, 0.25) is 0 Å². The number of alkyl halides is 2. The fraction of sp³-hybridized carbons (Fsp3) is 0.333. The van der Waals surface area contributed by atoms with Gasteiger partial charge in [0.1, 0.15) is 0 Å². The summed E-state index contributed by atoms with van der Waals surface area (Å²) in [5, 5.41) is 0.884. The number of hydrogen-bond donors (Lipinski definition) is 0. The summed E-state index contributed by atoms with van der Waals surface area (Å²) >= 11 is 22.0. The Kier molecular flexibility index (Phi) is 6.76. The molecule has 0 fully saturated rings. The molecule has 0 spiro atoms. The summed E-state index contributed by atoms with van der Waals surface area (Å²) < 4.78 is 0. The van der Waals surface area contributed by atoms with Gasteiger partial charge >= 0.3 is 0 Å². The molecule has 10 heavy (non-hydrogen) atoms. The third kappa shape index (κ3) is 4.45. The average molecular weight is 220 g/mol. The lowest BCUT2D eigenvalue weighted by Gasteiger charge is -1.92. The molecule has 0 aliphatic carbocycles. The fourth-order valence-electron chi connectivity index (χ4n) is 0.330. The van der Waals surface area contributed by atoms with E-state index in [0.717, 1.165) is 0 Å². The first-order valence-electron chi connectivity index (χ1n) is 2.56. The minimum absolute atomic E-state index is 0.352. The number of halogens is 4. The molecule has 0 aliphatic rings. The predicted molar refractivity (Wildman–Crippen MR) is 49.3 cm³/mol. The van der Waals surface area contributed by atoms with Gasteiger partial charge in [-0.15, -0.1) is 23.2 Å². The lowest BCUT2D eigenvalue weighted by molar-refractivity contribution is 1.63. The molecule has 0 saturated carbocycles. The second kappa shape index (κ2) is 6.36. The highest BCUT2D eigenvalue weighted by atomic mass is 35.5. The Labute approximate surface area is 80.4 Å². The Morgan fingerprint density at radius 3 is 1.40 bits per heavy atom. The molecule has 0 aromatic carbocycles. The van der Waals surface area contributed by atoms with Crippen molar-refractivity contribution in [3.63, 3.8) is 0 Å². The Morgan fingerprint density at radius 1 is 0.900 bits per heavy atom. The largest absolute Gasteiger partial charge is 0.122 e. The fourth-order valence-corrected chi connectivity index (χ4v) is 1.11. The molecule has 0 nitrogen and oxygen atoms in total. The lowest BCUT2D eigenvalue weighted by Crippen LogP contribution is -1.75. The third-order valence-electron chi connectivity index (χ3n) is 0.741. The number of rotatable bonds is 3. The van der Waals surface area contributed by atoms with E-state index >= 15 is 0 Å². The molecule has 4 heteroatoms. The molecule has 0 N–H and O–H groups in total. The maximum Gasteiger partial charge on any atom is 0.0561 e. The molecular formula is C6H6Cl4. The third-order valence-corrected chi connectivity index (χ3v) is 1.86. The summed E-state index contributed by atoms with van der Waals surface area (Å²) in [4.78, 5) is 0. The molecule has 0 bridgehead atoms. The van der Waals surface area contributed by atoms with Crippen LogP contribution in [0.5, 0.6) is 0 Å². The first-order chi connectivity index (χ1) is 4.72. The first-order valence-corrected chi connectivity index (χ1v) is 4.38. The summed E-state index contributed by atoms with van der Waals surface area (Å²) in [5.74, 6) is 0.705. The van der Waals surface area contributed by atoms with Gasteiger partial charge in [0, 0.05) is 11.8 Å². The quantitative estimate of drug-likeness (QED) is 0.502. The van der Waals surface area contributed by atoms with Gasteiger partial charge in [0.2, 0.25) is 0 Å². The highest BCUT2D eigenvalue weighted by Crippen LogP contribution is 2.18. The SMILES string of the molecule is ClCC=C(Cl)C(Cl)=CCCl. The van der Waals surface area contributed by atoms with Gasteiger partial charge in [0.05, 0.1) is 10.1 Å². The van der Waals surface area contributed by atoms with Crippen molar-refractivity contribution in [3.05, 3.63) is 22.2 Å². The van der Waals surface area contributed by atoms with Crippen LogP contribution in [0.3, 0.4) is 0 Å². The van der Waals surface area contributed by atoms with E-state index in [0.29, 0.717) is 21.8 Å². The van der Waals surface area contributed by atoms with Crippen LogP contribution >= 0.6 is 46.4 Å². The molecule has 0 heterocycles. The van der Waals surface area contributed by atoms with Crippen LogP contribution in [-0.2, 0) is 0 Å². The topological polar surface area (TPSA) is 0 Å². The Bertz CT molecular complexity index is 130. The van der Waals surface area contributed by atoms with Crippen molar-refractivity contribution in [2.45, 2.75) is 0 Å². The van der Waals surface area contributed by atoms with E-state index < -0.39 is 0 Å². The van der Waals surface area contributed by atoms with Gasteiger partial charge in [-0.25, -0.2) is 0 Å². The molecule has 0 atom stereocenters. The summed E-state index contributed by atoms with van der Waals surface area (Å²) in [6.45, 7) is 0. The van der Waals surface area contributed by atoms with Gasteiger partial charge in [-0.05, 0) is 12.2 Å². The van der Waals surface area contributed by atoms with Gasteiger partial charge in [-0.2, -0.15) is 0 Å². The molecule has 0 rings (SSSR count). The van der Waals surface area contributed by atoms with E-state index in [1.165, 1.54) is 0 Å². The normalized spacial score (nSPS) is 14.0. The van der Waals surface area contributed by atoms with E-state index in [1.807, 2.05) is 0 Å². The van der Waals surface area contributed by atoms with Crippen LogP contribution in [0.25, 0.3) is 0 Å². The van der Waals surface area contributed by atoms with Gasteiger partial charge in [0.15, 0.2) is 0 Å². The summed E-state index contributed by atoms with van der Waals surface area (Å²) in [6.07, 6.45) is 3.21. The molecule has 0 radical (unpaired) electrons. The van der Waals surface area contributed by atoms with Crippen molar-refractivity contribution >= 4 is 46.4 Å². The molecule has 0 aliphatic heterocycles. The van der Waals surface area contributed by atoms with Crippen molar-refractivity contribution in [3.8, 4) is 0 Å². The standard InChI is InChI=1S/C6H6Cl4/c7-3-1-5(9)6(10)2-4-8/h1-2H,3-4H2. The van der Waals surface area contributed by atoms with E-state index in [1.54, 1.807) is 12.2 Å². The van der Waals surface area contributed by atoms with Gasteiger partial charge in [-0.3, -0.25) is 0 Å². The van der Waals surface area contributed by atoms with Crippen LogP contribution < -0.4 is 0 Å². The summed E-state index contributed by atoms with van der Waals surface area (Å²) in [6, 6.07) is 0. The highest BCUT2D eigenvalue weighted by molar-refractivity contribution is 6.44. The minimum atomic E-state index is 0.352. The van der Waals surface area contributed by atoms with Crippen molar-refractivity contribution in [1.29, 1.82) is 0 Å². The predicted octanol–water partition coefficient (Wildman–Crippen LogP) is 3.71. The summed E-state index contributed by atoms with van der Waals surface area (Å²) in [7, 11) is 0. The smallest absolute Gasteiger partial charge is 0.0561 e. The zero-order valence-corrected chi connectivity index (χ0v) is 8.10. The van der Waals surface area contributed by atoms with E-state index in [4.69, 9.17) is 46.4 Å². The van der Waals surface area contributed by atoms with Gasteiger partial charge in [0.25, 0.3) is 0 Å². The van der Waals surface area contributed by atoms with E-state index in [9.17, 15) is 0 Å². The molecule has 0 saturated heterocycles. The highest BCUT2D eigenvalue weighted by Gasteiger charge is 1.95. The van der Waals surface area contributed by atoms with Crippen molar-refractivity contribution < 1.29 is 0 Å². The van der Waals surface area contributed by atoms with Gasteiger partial charge in [-0.1, -0.05) is 23.2 Å². The molecule has 0 aromatic rings. The second-order valence-electron chi connectivity index (χ2n) is 1.41. The minimum Gasteiger partial charge on any atom is -0.122 e. The maximum atomic E-state index is 5.63. The summed E-state index contributed by atoms with van der Waals surface area (Å²) in [5.41, 5.74) is 0. The molecule has 0 amide bonds. The Balaban J connectivity index is 4.06. The first kappa shape index (κ1) is 10.6. The average Bonchev–Trinajstić information content (AvgIpc) is 1.89. The second-order valence-corrected chi connectivity index (χ2v) is 2.84. The lowest BCUT2D eigenvalue weighted by atomic mass is 10.4. The molecular weight excluding hydrogens is 214 g/mol. The van der Waals surface area contributed by atoms with E-state index in [-0.39, 0.29) is 0 Å². The van der Waals surface area contributed by atoms with Crippen LogP contribution in [0.4, 0.5) is 0 Å². The van der Waals surface area contributed by atoms with Gasteiger partial charge < -0.3 is 0 Å². The number of hydrogen-bond acceptors (Lipinski definition) is 0. The zero-order valence-electron chi connectivity index (χ0n) is 5.08. The van der Waals surface area contributed by atoms with Crippen LogP contribution in [0.1, 0.15) is 0 Å². The number of allylic oxidation sites excluding steroid dienone is 4. The molecule has 0 unspecified atom stereocenters. The maximum absolute atomic E-state index is 5.63. The molecule has 0 aromatic heterocycles. The van der Waals surface area contributed by atoms with Crippen LogP contribution in [-0.4, -0.2) is 11.8 Å². The Morgan fingerprint density at radius 2 is 1.20 bits per heavy atom. The van der Waals surface area contributed by atoms with Crippen LogP contribution in [0, 0.1) is 0 Å². The van der Waals surface area contributed by atoms with Crippen LogP contribution in [0.15, 0.2) is 22.2 Å². The van der Waals surface area contributed by atoms with Crippen molar-refractivity contribution in [1.82, 2.24) is 0 Å². The van der Waals surface area contributed by atoms with Crippen molar-refractivity contribution in [2.24, 2.45) is 0 Å². The Hall–Kier alpha value is 0.640.